The lowest BCUT2D eigenvalue weighted by Crippen LogP contribution is -2.10. The van der Waals surface area contributed by atoms with Crippen LogP contribution in [0.3, 0.4) is 0 Å². The number of rotatable bonds is 0. The van der Waals surface area contributed by atoms with Crippen molar-refractivity contribution in [1.82, 2.24) is 0 Å². The summed E-state index contributed by atoms with van der Waals surface area (Å²) in [5.41, 5.74) is -0.330. The third-order valence-corrected chi connectivity index (χ3v) is 2.30. The fourth-order valence-electron chi connectivity index (χ4n) is 1.26. The molecule has 0 aromatic heterocycles. The van der Waals surface area contributed by atoms with Gasteiger partial charge in [-0.25, -0.2) is 0 Å². The van der Waals surface area contributed by atoms with Crippen LogP contribution in [-0.4, -0.2) is 0 Å². The van der Waals surface area contributed by atoms with Gasteiger partial charge in [-0.1, -0.05) is 17.7 Å². The van der Waals surface area contributed by atoms with E-state index in [1.54, 1.807) is 0 Å². The molecule has 1 rings (SSSR count). The molecule has 0 saturated carbocycles. The molecule has 0 aliphatic carbocycles. The van der Waals surface area contributed by atoms with E-state index in [1.165, 1.54) is 26.0 Å². The molecule has 1 aromatic rings. The van der Waals surface area contributed by atoms with Crippen molar-refractivity contribution in [3.63, 3.8) is 0 Å². The normalized spacial score (nSPS) is 11.8. The molecule has 0 heterocycles. The molecule has 0 amide bonds. The summed E-state index contributed by atoms with van der Waals surface area (Å²) in [6.07, 6.45) is -4.32. The topological polar surface area (TPSA) is 0 Å². The van der Waals surface area contributed by atoms with E-state index >= 15 is 0 Å². The molecule has 0 aliphatic heterocycles. The summed E-state index contributed by atoms with van der Waals surface area (Å²) in [7, 11) is 0. The summed E-state index contributed by atoms with van der Waals surface area (Å²) in [5.74, 6) is 0. The van der Waals surface area contributed by atoms with Gasteiger partial charge in [0.05, 0.1) is 5.56 Å². The lowest BCUT2D eigenvalue weighted by molar-refractivity contribution is -0.138. The van der Waals surface area contributed by atoms with Crippen LogP contribution in [0, 0.1) is 13.8 Å². The molecule has 13 heavy (non-hydrogen) atoms. The first kappa shape index (κ1) is 10.4. The van der Waals surface area contributed by atoms with Gasteiger partial charge in [0.15, 0.2) is 0 Å². The van der Waals surface area contributed by atoms with E-state index in [1.807, 2.05) is 0 Å². The maximum Gasteiger partial charge on any atom is 0.416 e. The summed E-state index contributed by atoms with van der Waals surface area (Å²) < 4.78 is 37.3. The predicted molar refractivity (Wildman–Crippen MR) is 45.9 cm³/mol. The van der Waals surface area contributed by atoms with Crippen molar-refractivity contribution in [2.24, 2.45) is 0 Å². The smallest absolute Gasteiger partial charge is 0.166 e. The quantitative estimate of drug-likeness (QED) is 0.605. The van der Waals surface area contributed by atoms with Crippen molar-refractivity contribution < 1.29 is 13.2 Å². The van der Waals surface area contributed by atoms with Crippen LogP contribution in [0.5, 0.6) is 0 Å². The van der Waals surface area contributed by atoms with Gasteiger partial charge in [0.2, 0.25) is 0 Å². The highest BCUT2D eigenvalue weighted by molar-refractivity contribution is 6.31. The number of alkyl halides is 3. The van der Waals surface area contributed by atoms with Crippen LogP contribution in [0.2, 0.25) is 5.02 Å². The predicted octanol–water partition coefficient (Wildman–Crippen LogP) is 3.98. The number of halogens is 4. The van der Waals surface area contributed by atoms with Crippen molar-refractivity contribution >= 4 is 11.6 Å². The zero-order valence-electron chi connectivity index (χ0n) is 7.17. The maximum absolute atomic E-state index is 12.4. The highest BCUT2D eigenvalue weighted by Gasteiger charge is 2.34. The second-order valence-electron chi connectivity index (χ2n) is 2.86. The van der Waals surface area contributed by atoms with Crippen LogP contribution in [0.15, 0.2) is 12.1 Å². The minimum absolute atomic E-state index is 0.0918. The minimum Gasteiger partial charge on any atom is -0.166 e. The van der Waals surface area contributed by atoms with Gasteiger partial charge in [0.25, 0.3) is 0 Å². The van der Waals surface area contributed by atoms with Crippen LogP contribution >= 0.6 is 11.6 Å². The number of aryl methyl sites for hydroxylation is 1. The first-order valence-corrected chi connectivity index (χ1v) is 4.04. The fraction of sp³-hybridized carbons (Fsp3) is 0.333. The maximum atomic E-state index is 12.4. The van der Waals surface area contributed by atoms with E-state index in [-0.39, 0.29) is 16.1 Å². The molecule has 0 fully saturated rings. The number of hydrogen-bond donors (Lipinski definition) is 0. The fourth-order valence-corrected chi connectivity index (χ4v) is 1.42. The Morgan fingerprint density at radius 1 is 1.15 bits per heavy atom. The third kappa shape index (κ3) is 1.97. The molecular formula is C9H8ClF3. The summed E-state index contributed by atoms with van der Waals surface area (Å²) >= 11 is 5.59. The average molecular weight is 209 g/mol. The highest BCUT2D eigenvalue weighted by atomic mass is 35.5. The first-order valence-electron chi connectivity index (χ1n) is 3.67. The third-order valence-electron chi connectivity index (χ3n) is 1.89. The lowest BCUT2D eigenvalue weighted by atomic mass is 10.0. The molecule has 4 heteroatoms. The van der Waals surface area contributed by atoms with Crippen LogP contribution in [-0.2, 0) is 6.18 Å². The molecule has 0 spiro atoms. The standard InChI is InChI=1S/C9H8ClF3/c1-5-3-4-7(10)6(2)8(5)9(11,12)13/h3-4H,1-2H3. The zero-order valence-corrected chi connectivity index (χ0v) is 7.92. The molecule has 0 bridgehead atoms. The van der Waals surface area contributed by atoms with Crippen LogP contribution in [0.25, 0.3) is 0 Å². The van der Waals surface area contributed by atoms with E-state index in [0.717, 1.165) is 0 Å². The van der Waals surface area contributed by atoms with Crippen LogP contribution in [0.4, 0.5) is 13.2 Å². The molecule has 0 aliphatic rings. The monoisotopic (exact) mass is 208 g/mol. The summed E-state index contributed by atoms with van der Waals surface area (Å²) in [6, 6.07) is 2.85. The van der Waals surface area contributed by atoms with Crippen molar-refractivity contribution in [3.05, 3.63) is 33.8 Å². The van der Waals surface area contributed by atoms with Gasteiger partial charge in [-0.3, -0.25) is 0 Å². The largest absolute Gasteiger partial charge is 0.416 e. The van der Waals surface area contributed by atoms with E-state index in [2.05, 4.69) is 0 Å². The zero-order chi connectivity index (χ0) is 10.2. The minimum atomic E-state index is -4.32. The Morgan fingerprint density at radius 2 is 1.69 bits per heavy atom. The van der Waals surface area contributed by atoms with Gasteiger partial charge in [0.1, 0.15) is 0 Å². The van der Waals surface area contributed by atoms with Crippen molar-refractivity contribution in [2.75, 3.05) is 0 Å². The molecule has 1 aromatic carbocycles. The second-order valence-corrected chi connectivity index (χ2v) is 3.27. The van der Waals surface area contributed by atoms with Crippen LogP contribution in [0.1, 0.15) is 16.7 Å². The Hall–Kier alpha value is -0.700. The van der Waals surface area contributed by atoms with Crippen LogP contribution < -0.4 is 0 Å². The van der Waals surface area contributed by atoms with Crippen molar-refractivity contribution in [1.29, 1.82) is 0 Å². The second kappa shape index (κ2) is 3.22. The van der Waals surface area contributed by atoms with E-state index in [9.17, 15) is 13.2 Å². The molecule has 72 valence electrons. The van der Waals surface area contributed by atoms with Gasteiger partial charge in [-0.15, -0.1) is 0 Å². The Labute approximate surface area is 79.3 Å². The van der Waals surface area contributed by atoms with Gasteiger partial charge in [0, 0.05) is 5.02 Å². The lowest BCUT2D eigenvalue weighted by Gasteiger charge is -2.13. The molecule has 0 saturated heterocycles. The van der Waals surface area contributed by atoms with Gasteiger partial charge < -0.3 is 0 Å². The number of benzene rings is 1. The molecule has 0 unspecified atom stereocenters. The van der Waals surface area contributed by atoms with E-state index in [4.69, 9.17) is 11.6 Å². The summed E-state index contributed by atoms with van der Waals surface area (Å²) in [5, 5.41) is 0.151. The molecular weight excluding hydrogens is 201 g/mol. The van der Waals surface area contributed by atoms with Gasteiger partial charge in [-0.05, 0) is 31.0 Å². The Kier molecular flexibility index (Phi) is 2.57. The van der Waals surface area contributed by atoms with E-state index in [0.29, 0.717) is 0 Å². The SMILES string of the molecule is Cc1ccc(Cl)c(C)c1C(F)(F)F. The molecule has 0 atom stereocenters. The average Bonchev–Trinajstić information content (AvgIpc) is 1.95. The highest BCUT2D eigenvalue weighted by Crippen LogP contribution is 2.36. The molecule has 0 nitrogen and oxygen atoms in total. The first-order chi connectivity index (χ1) is 5.84. The molecule has 0 radical (unpaired) electrons. The summed E-state index contributed by atoms with van der Waals surface area (Å²) in [4.78, 5) is 0. The van der Waals surface area contributed by atoms with E-state index < -0.39 is 11.7 Å². The summed E-state index contributed by atoms with van der Waals surface area (Å²) in [6.45, 7) is 2.80. The Balaban J connectivity index is 3.43. The van der Waals surface area contributed by atoms with Gasteiger partial charge >= 0.3 is 6.18 Å². The van der Waals surface area contributed by atoms with Crippen molar-refractivity contribution in [2.45, 2.75) is 20.0 Å². The molecule has 0 N–H and O–H groups in total. The van der Waals surface area contributed by atoms with Gasteiger partial charge in [-0.2, -0.15) is 13.2 Å². The Bertz CT molecular complexity index is 328. The van der Waals surface area contributed by atoms with Crippen molar-refractivity contribution in [3.8, 4) is 0 Å². The number of hydrogen-bond acceptors (Lipinski definition) is 0. The Morgan fingerprint density at radius 3 is 2.08 bits per heavy atom.